The fourth-order valence-corrected chi connectivity index (χ4v) is 3.25. The van der Waals surface area contributed by atoms with Crippen molar-refractivity contribution < 1.29 is 18.4 Å². The number of anilines is 1. The minimum Gasteiger partial charge on any atom is -0.368 e. The number of aryl methyl sites for hydroxylation is 1. The third kappa shape index (κ3) is 5.59. The monoisotopic (exact) mass is 371 g/mol. The Bertz CT molecular complexity index is 808. The molecule has 8 nitrogen and oxygen atoms in total. The van der Waals surface area contributed by atoms with Crippen LogP contribution in [-0.2, 0) is 15.6 Å². The number of hydrogen-bond donors (Lipinski definition) is 2. The van der Waals surface area contributed by atoms with Gasteiger partial charge in [-0.05, 0) is 19.8 Å². The van der Waals surface area contributed by atoms with E-state index in [1.54, 1.807) is 6.92 Å². The molecule has 0 bridgehead atoms. The minimum absolute atomic E-state index is 0.0845. The first-order chi connectivity index (χ1) is 11.8. The van der Waals surface area contributed by atoms with Gasteiger partial charge in [-0.15, -0.1) is 0 Å². The van der Waals surface area contributed by atoms with Gasteiger partial charge in [0, 0.05) is 0 Å². The Morgan fingerprint density at radius 2 is 2.28 bits per heavy atom. The van der Waals surface area contributed by atoms with E-state index in [0.29, 0.717) is 23.3 Å². The van der Waals surface area contributed by atoms with E-state index in [1.807, 2.05) is 6.92 Å². The van der Waals surface area contributed by atoms with Gasteiger partial charge in [-0.25, -0.2) is 14.4 Å². The first kappa shape index (κ1) is 19.5. The topological polar surface area (TPSA) is 116 Å². The summed E-state index contributed by atoms with van der Waals surface area (Å²) in [5.74, 6) is -0.357. The third-order valence-corrected chi connectivity index (χ3v) is 4.95. The van der Waals surface area contributed by atoms with Gasteiger partial charge in [-0.1, -0.05) is 19.4 Å². The highest BCUT2D eigenvalue weighted by Gasteiger charge is 2.18. The van der Waals surface area contributed by atoms with Crippen LogP contribution in [0.1, 0.15) is 31.9 Å². The van der Waals surface area contributed by atoms with E-state index in [4.69, 9.17) is 10.3 Å². The van der Waals surface area contributed by atoms with Crippen LogP contribution in [0.3, 0.4) is 0 Å². The van der Waals surface area contributed by atoms with Gasteiger partial charge in [0.15, 0.2) is 5.65 Å². The Labute approximate surface area is 145 Å². The molecule has 25 heavy (non-hydrogen) atoms. The van der Waals surface area contributed by atoms with Crippen LogP contribution in [0, 0.1) is 6.92 Å². The molecule has 1 unspecified atom stereocenters. The van der Waals surface area contributed by atoms with Gasteiger partial charge in [-0.3, -0.25) is 4.57 Å². The van der Waals surface area contributed by atoms with Crippen molar-refractivity contribution >= 4 is 24.7 Å². The molecule has 138 valence electrons. The third-order valence-electron chi connectivity index (χ3n) is 3.55. The molecule has 3 N–H and O–H groups in total. The lowest BCUT2D eigenvalue weighted by Gasteiger charge is -2.10. The summed E-state index contributed by atoms with van der Waals surface area (Å²) in [5, 5.41) is 0. The molecule has 10 heteroatoms. The highest BCUT2D eigenvalue weighted by atomic mass is 31.2. The number of imidazole rings is 1. The molecule has 2 aromatic heterocycles. The molecule has 0 aliphatic heterocycles. The number of nitrogens with two attached hydrogens (primary N) is 1. The van der Waals surface area contributed by atoms with Crippen LogP contribution in [-0.4, -0.2) is 37.2 Å². The summed E-state index contributed by atoms with van der Waals surface area (Å²) < 4.78 is 32.3. The first-order valence-corrected chi connectivity index (χ1v) is 9.84. The molecule has 2 rings (SSSR count). The Kier molecular flexibility index (Phi) is 6.64. The molecule has 2 aromatic rings. The van der Waals surface area contributed by atoms with Crippen molar-refractivity contribution in [2.75, 3.05) is 18.5 Å². The van der Waals surface area contributed by atoms with Crippen LogP contribution in [0.5, 0.6) is 0 Å². The summed E-state index contributed by atoms with van der Waals surface area (Å²) in [6.45, 7) is 3.86. The highest BCUT2D eigenvalue weighted by molar-refractivity contribution is 7.52. The van der Waals surface area contributed by atoms with Crippen molar-refractivity contribution in [3.8, 4) is 0 Å². The average Bonchev–Trinajstić information content (AvgIpc) is 2.90. The normalized spacial score (nSPS) is 14.8. The maximum Gasteiger partial charge on any atom is 0.328 e. The van der Waals surface area contributed by atoms with E-state index >= 15 is 0 Å². The Hall–Kier alpha value is -1.83. The number of aromatic nitrogens is 4. The predicted molar refractivity (Wildman–Crippen MR) is 93.8 cm³/mol. The second-order valence-corrected chi connectivity index (χ2v) is 7.68. The van der Waals surface area contributed by atoms with Gasteiger partial charge in [0.2, 0.25) is 5.95 Å². The molecule has 1 atom stereocenters. The van der Waals surface area contributed by atoms with E-state index in [0.717, 1.165) is 6.42 Å². The van der Waals surface area contributed by atoms with Crippen LogP contribution in [0.15, 0.2) is 18.2 Å². The number of rotatable bonds is 9. The molecule has 0 saturated carbocycles. The van der Waals surface area contributed by atoms with Gasteiger partial charge in [0.1, 0.15) is 11.3 Å². The summed E-state index contributed by atoms with van der Waals surface area (Å²) >= 11 is 0. The molecule has 2 heterocycles. The number of nitrogen functional groups attached to an aromatic ring is 1. The van der Waals surface area contributed by atoms with E-state index in [2.05, 4.69) is 15.0 Å². The molecule has 0 aliphatic rings. The van der Waals surface area contributed by atoms with Crippen molar-refractivity contribution in [1.82, 2.24) is 19.5 Å². The van der Waals surface area contributed by atoms with Gasteiger partial charge in [-0.2, -0.15) is 4.98 Å². The Morgan fingerprint density at radius 1 is 1.52 bits per heavy atom. The SMILES string of the molecule is CCCCOP(=O)(O)CC/C=C(/F)Cn1cnc2c(C)nc(N)nc21. The largest absolute Gasteiger partial charge is 0.368 e. The molecule has 0 spiro atoms. The van der Waals surface area contributed by atoms with E-state index in [-0.39, 0.29) is 31.7 Å². The zero-order chi connectivity index (χ0) is 18.4. The standard InChI is InChI=1S/C15H23FN5O3P/c1-3-4-7-24-25(22,23)8-5-6-12(16)9-21-10-18-13-11(2)19-15(17)20-14(13)21/h6,10H,3-5,7-9H2,1-2H3,(H,22,23)(H2,17,19,20)/b12-6+. The van der Waals surface area contributed by atoms with Crippen molar-refractivity contribution in [3.05, 3.63) is 23.9 Å². The smallest absolute Gasteiger partial charge is 0.328 e. The molecular formula is C15H23FN5O3P. The zero-order valence-electron chi connectivity index (χ0n) is 14.4. The molecule has 0 fully saturated rings. The predicted octanol–water partition coefficient (Wildman–Crippen LogP) is 2.96. The van der Waals surface area contributed by atoms with Crippen molar-refractivity contribution in [1.29, 1.82) is 0 Å². The second-order valence-electron chi connectivity index (χ2n) is 5.70. The summed E-state index contributed by atoms with van der Waals surface area (Å²) in [4.78, 5) is 21.9. The van der Waals surface area contributed by atoms with E-state index in [1.165, 1.54) is 17.0 Å². The summed E-state index contributed by atoms with van der Waals surface area (Å²) in [6, 6.07) is 0. The van der Waals surface area contributed by atoms with Crippen LogP contribution in [0.25, 0.3) is 11.2 Å². The second kappa shape index (κ2) is 8.51. The number of hydrogen-bond acceptors (Lipinski definition) is 6. The van der Waals surface area contributed by atoms with Crippen molar-refractivity contribution in [3.63, 3.8) is 0 Å². The summed E-state index contributed by atoms with van der Waals surface area (Å²) in [6.07, 6.45) is 4.31. The molecule has 0 aliphatic carbocycles. The molecule has 0 saturated heterocycles. The lowest BCUT2D eigenvalue weighted by Crippen LogP contribution is -2.03. The summed E-state index contributed by atoms with van der Waals surface area (Å²) in [5.41, 5.74) is 7.25. The van der Waals surface area contributed by atoms with Gasteiger partial charge in [0.05, 0.1) is 31.3 Å². The van der Waals surface area contributed by atoms with Gasteiger partial charge < -0.3 is 19.7 Å². The minimum atomic E-state index is -3.67. The van der Waals surface area contributed by atoms with Crippen molar-refractivity contribution in [2.45, 2.75) is 39.7 Å². The number of allylic oxidation sites excluding steroid dienone is 2. The first-order valence-electron chi connectivity index (χ1n) is 8.08. The van der Waals surface area contributed by atoms with Gasteiger partial charge >= 0.3 is 7.60 Å². The van der Waals surface area contributed by atoms with E-state index in [9.17, 15) is 13.8 Å². The Balaban J connectivity index is 1.97. The maximum absolute atomic E-state index is 14.1. The molecular weight excluding hydrogens is 348 g/mol. The quantitative estimate of drug-likeness (QED) is 0.514. The Morgan fingerprint density at radius 3 is 3.00 bits per heavy atom. The van der Waals surface area contributed by atoms with Crippen LogP contribution < -0.4 is 5.73 Å². The van der Waals surface area contributed by atoms with Crippen LogP contribution in [0.4, 0.5) is 10.3 Å². The number of halogens is 1. The average molecular weight is 371 g/mol. The van der Waals surface area contributed by atoms with Gasteiger partial charge in [0.25, 0.3) is 0 Å². The lowest BCUT2D eigenvalue weighted by atomic mass is 10.3. The molecule has 0 radical (unpaired) electrons. The van der Waals surface area contributed by atoms with Crippen LogP contribution in [0.2, 0.25) is 0 Å². The highest BCUT2D eigenvalue weighted by Crippen LogP contribution is 2.42. The fraction of sp³-hybridized carbons (Fsp3) is 0.533. The fourth-order valence-electron chi connectivity index (χ4n) is 2.25. The van der Waals surface area contributed by atoms with Crippen LogP contribution >= 0.6 is 7.60 Å². The summed E-state index contributed by atoms with van der Waals surface area (Å²) in [7, 11) is -3.67. The molecule has 0 amide bonds. The zero-order valence-corrected chi connectivity index (χ0v) is 15.2. The van der Waals surface area contributed by atoms with Crippen molar-refractivity contribution in [2.24, 2.45) is 0 Å². The van der Waals surface area contributed by atoms with E-state index < -0.39 is 13.4 Å². The number of fused-ring (bicyclic) bond motifs is 1. The maximum atomic E-state index is 14.1. The number of unbranched alkanes of at least 4 members (excludes halogenated alkanes) is 1. The lowest BCUT2D eigenvalue weighted by molar-refractivity contribution is 0.255. The number of nitrogens with zero attached hydrogens (tertiary/aromatic N) is 4. The molecule has 0 aromatic carbocycles.